The molecule has 3 rings (SSSR count). The number of nitrogens with one attached hydrogen (secondary N) is 1. The van der Waals surface area contributed by atoms with E-state index in [0.29, 0.717) is 17.1 Å². The number of carboxylic acids is 1. The summed E-state index contributed by atoms with van der Waals surface area (Å²) in [5.74, 6) is -0.981. The van der Waals surface area contributed by atoms with Gasteiger partial charge in [0, 0.05) is 17.0 Å². The average molecular weight is 373 g/mol. The van der Waals surface area contributed by atoms with Gasteiger partial charge in [0.25, 0.3) is 5.91 Å². The molecule has 0 saturated heterocycles. The van der Waals surface area contributed by atoms with Crippen LogP contribution >= 0.6 is 11.3 Å². The fourth-order valence-electron chi connectivity index (χ4n) is 2.25. The third-order valence-electron chi connectivity index (χ3n) is 3.58. The molecule has 1 aliphatic heterocycles. The first kappa shape index (κ1) is 17.7. The van der Waals surface area contributed by atoms with Crippen LogP contribution in [0.2, 0.25) is 0 Å². The Labute approximate surface area is 152 Å². The fourth-order valence-corrected chi connectivity index (χ4v) is 2.90. The van der Waals surface area contributed by atoms with E-state index in [0.717, 1.165) is 4.88 Å². The van der Waals surface area contributed by atoms with Gasteiger partial charge in [0.1, 0.15) is 17.5 Å². The second-order valence-electron chi connectivity index (χ2n) is 5.53. The second-order valence-corrected chi connectivity index (χ2v) is 6.51. The number of hydrogen-bond acceptors (Lipinski definition) is 6. The van der Waals surface area contributed by atoms with Gasteiger partial charge in [-0.15, -0.1) is 11.3 Å². The lowest BCUT2D eigenvalue weighted by Gasteiger charge is -2.10. The van der Waals surface area contributed by atoms with Crippen molar-refractivity contribution in [3.63, 3.8) is 0 Å². The molecule has 1 aromatic heterocycles. The molecule has 0 saturated carbocycles. The molecule has 0 spiro atoms. The number of Topliss-reactive ketones (excluding diaryl/α,β-unsaturated/α-hetero) is 1. The number of ether oxygens (including phenoxy) is 2. The molecule has 0 aliphatic carbocycles. The highest BCUT2D eigenvalue weighted by Crippen LogP contribution is 2.35. The SMILES string of the molecule is C[C@H](NC(=O)COc1ccc2c(c1)OC(=Cc1cccs1)C2=O)C(=O)O. The van der Waals surface area contributed by atoms with Gasteiger partial charge in [0.15, 0.2) is 12.4 Å². The van der Waals surface area contributed by atoms with Crippen molar-refractivity contribution in [1.82, 2.24) is 5.32 Å². The molecular formula is C18H15NO6S. The Bertz CT molecular complexity index is 887. The number of aliphatic carboxylic acids is 1. The maximum Gasteiger partial charge on any atom is 0.325 e. The lowest BCUT2D eigenvalue weighted by Crippen LogP contribution is -2.40. The highest BCUT2D eigenvalue weighted by molar-refractivity contribution is 7.10. The summed E-state index contributed by atoms with van der Waals surface area (Å²) in [5, 5.41) is 12.9. The Kier molecular flexibility index (Phi) is 5.04. The van der Waals surface area contributed by atoms with E-state index in [2.05, 4.69) is 5.32 Å². The predicted octanol–water partition coefficient (Wildman–Crippen LogP) is 2.33. The third-order valence-corrected chi connectivity index (χ3v) is 4.40. The van der Waals surface area contributed by atoms with Crippen molar-refractivity contribution in [3.05, 3.63) is 51.9 Å². The summed E-state index contributed by atoms with van der Waals surface area (Å²) >= 11 is 1.49. The van der Waals surface area contributed by atoms with Crippen LogP contribution in [0.4, 0.5) is 0 Å². The summed E-state index contributed by atoms with van der Waals surface area (Å²) in [6, 6.07) is 7.41. The van der Waals surface area contributed by atoms with Crippen LogP contribution < -0.4 is 14.8 Å². The van der Waals surface area contributed by atoms with E-state index in [4.69, 9.17) is 14.6 Å². The van der Waals surface area contributed by atoms with E-state index in [-0.39, 0.29) is 18.1 Å². The molecule has 1 atom stereocenters. The normalized spacial score (nSPS) is 15.3. The molecule has 1 aliphatic rings. The summed E-state index contributed by atoms with van der Waals surface area (Å²) in [6.07, 6.45) is 1.67. The lowest BCUT2D eigenvalue weighted by molar-refractivity contribution is -0.141. The fraction of sp³-hybridized carbons (Fsp3) is 0.167. The Morgan fingerprint density at radius 1 is 1.38 bits per heavy atom. The van der Waals surface area contributed by atoms with E-state index in [1.165, 1.54) is 24.3 Å². The van der Waals surface area contributed by atoms with Crippen LogP contribution in [0.3, 0.4) is 0 Å². The topological polar surface area (TPSA) is 102 Å². The van der Waals surface area contributed by atoms with Gasteiger partial charge >= 0.3 is 5.97 Å². The third kappa shape index (κ3) is 3.92. The molecule has 1 amide bonds. The minimum Gasteiger partial charge on any atom is -0.484 e. The Hall–Kier alpha value is -3.13. The highest BCUT2D eigenvalue weighted by atomic mass is 32.1. The van der Waals surface area contributed by atoms with Crippen LogP contribution in [0, 0.1) is 0 Å². The summed E-state index contributed by atoms with van der Waals surface area (Å²) in [7, 11) is 0. The molecule has 26 heavy (non-hydrogen) atoms. The first-order chi connectivity index (χ1) is 12.4. The standard InChI is InChI=1S/C18H15NO6S/c1-10(18(22)23)19-16(20)9-24-11-4-5-13-14(7-11)25-15(17(13)21)8-12-3-2-6-26-12/h2-8,10H,9H2,1H3,(H,19,20)(H,22,23)/t10-/m0/s1. The monoisotopic (exact) mass is 373 g/mol. The largest absolute Gasteiger partial charge is 0.484 e. The van der Waals surface area contributed by atoms with Gasteiger partial charge in [-0.25, -0.2) is 0 Å². The van der Waals surface area contributed by atoms with Crippen LogP contribution in [0.25, 0.3) is 6.08 Å². The average Bonchev–Trinajstić information content (AvgIpc) is 3.22. The number of allylic oxidation sites excluding steroid dienone is 1. The number of carbonyl (C=O) groups excluding carboxylic acids is 2. The first-order valence-corrected chi connectivity index (χ1v) is 8.59. The molecule has 2 aromatic rings. The van der Waals surface area contributed by atoms with Gasteiger partial charge in [-0.3, -0.25) is 14.4 Å². The summed E-state index contributed by atoms with van der Waals surface area (Å²) in [4.78, 5) is 35.6. The molecule has 134 valence electrons. The van der Waals surface area contributed by atoms with Crippen LogP contribution in [0.15, 0.2) is 41.5 Å². The number of ketones is 1. The molecule has 7 nitrogen and oxygen atoms in total. The zero-order chi connectivity index (χ0) is 18.7. The van der Waals surface area contributed by atoms with E-state index < -0.39 is 17.9 Å². The molecule has 2 heterocycles. The number of carboxylic acid groups (broad SMARTS) is 1. The molecule has 0 fully saturated rings. The van der Waals surface area contributed by atoms with E-state index in [9.17, 15) is 14.4 Å². The zero-order valence-electron chi connectivity index (χ0n) is 13.7. The van der Waals surface area contributed by atoms with E-state index in [1.807, 2.05) is 17.5 Å². The van der Waals surface area contributed by atoms with Gasteiger partial charge in [-0.1, -0.05) is 6.07 Å². The van der Waals surface area contributed by atoms with Gasteiger partial charge in [0.2, 0.25) is 5.78 Å². The van der Waals surface area contributed by atoms with Crippen molar-refractivity contribution in [2.75, 3.05) is 6.61 Å². The summed E-state index contributed by atoms with van der Waals surface area (Å²) in [6.45, 7) is 1.01. The van der Waals surface area contributed by atoms with Gasteiger partial charge in [-0.05, 0) is 30.5 Å². The minimum absolute atomic E-state index is 0.215. The maximum atomic E-state index is 12.3. The zero-order valence-corrected chi connectivity index (χ0v) is 14.5. The van der Waals surface area contributed by atoms with Crippen LogP contribution in [-0.4, -0.2) is 35.4 Å². The predicted molar refractivity (Wildman–Crippen MR) is 94.4 cm³/mol. The number of amides is 1. The van der Waals surface area contributed by atoms with Crippen molar-refractivity contribution < 1.29 is 29.0 Å². The van der Waals surface area contributed by atoms with Gasteiger partial charge in [-0.2, -0.15) is 0 Å². The van der Waals surface area contributed by atoms with Crippen molar-refractivity contribution >= 4 is 35.1 Å². The van der Waals surface area contributed by atoms with Crippen molar-refractivity contribution in [2.45, 2.75) is 13.0 Å². The second kappa shape index (κ2) is 7.40. The van der Waals surface area contributed by atoms with Crippen molar-refractivity contribution in [2.24, 2.45) is 0 Å². The van der Waals surface area contributed by atoms with Crippen LogP contribution in [-0.2, 0) is 9.59 Å². The summed E-state index contributed by atoms with van der Waals surface area (Å²) < 4.78 is 10.9. The number of rotatable bonds is 6. The molecule has 8 heteroatoms. The lowest BCUT2D eigenvalue weighted by atomic mass is 10.1. The van der Waals surface area contributed by atoms with Gasteiger partial charge < -0.3 is 19.9 Å². The highest BCUT2D eigenvalue weighted by Gasteiger charge is 2.28. The molecule has 0 unspecified atom stereocenters. The quantitative estimate of drug-likeness (QED) is 0.754. The smallest absolute Gasteiger partial charge is 0.325 e. The Balaban J connectivity index is 1.65. The molecular weight excluding hydrogens is 358 g/mol. The molecule has 0 radical (unpaired) electrons. The molecule has 1 aromatic carbocycles. The maximum absolute atomic E-state index is 12.3. The summed E-state index contributed by atoms with van der Waals surface area (Å²) in [5.41, 5.74) is 0.420. The Morgan fingerprint density at radius 2 is 2.19 bits per heavy atom. The molecule has 2 N–H and O–H groups in total. The number of thiophene rings is 1. The van der Waals surface area contributed by atoms with Crippen molar-refractivity contribution in [3.8, 4) is 11.5 Å². The van der Waals surface area contributed by atoms with Crippen molar-refractivity contribution in [1.29, 1.82) is 0 Å². The minimum atomic E-state index is -1.13. The van der Waals surface area contributed by atoms with Gasteiger partial charge in [0.05, 0.1) is 5.56 Å². The Morgan fingerprint density at radius 3 is 2.88 bits per heavy atom. The number of benzene rings is 1. The number of fused-ring (bicyclic) bond motifs is 1. The first-order valence-electron chi connectivity index (χ1n) is 7.71. The van der Waals surface area contributed by atoms with Crippen LogP contribution in [0.1, 0.15) is 22.2 Å². The van der Waals surface area contributed by atoms with E-state index in [1.54, 1.807) is 18.2 Å². The van der Waals surface area contributed by atoms with Crippen LogP contribution in [0.5, 0.6) is 11.5 Å². The van der Waals surface area contributed by atoms with E-state index >= 15 is 0 Å². The molecule has 0 bridgehead atoms. The number of hydrogen-bond donors (Lipinski definition) is 2. The number of carbonyl (C=O) groups is 3.